The molecular weight excluding hydrogens is 769 g/mol. The predicted molar refractivity (Wildman–Crippen MR) is 191 cm³/mol. The van der Waals surface area contributed by atoms with E-state index in [0.29, 0.717) is 5.71 Å². The van der Waals surface area contributed by atoms with Crippen LogP contribution in [0.4, 0.5) is 0 Å². The topological polar surface area (TPSA) is 64.7 Å². The van der Waals surface area contributed by atoms with Crippen molar-refractivity contribution in [1.82, 2.24) is 19.9 Å². The Labute approximate surface area is 294 Å². The van der Waals surface area contributed by atoms with Gasteiger partial charge in [0.05, 0.1) is 11.1 Å². The first-order chi connectivity index (χ1) is 22.7. The van der Waals surface area contributed by atoms with E-state index in [1.807, 2.05) is 73.8 Å². The van der Waals surface area contributed by atoms with Crippen molar-refractivity contribution < 1.29 is 24.5 Å². The summed E-state index contributed by atoms with van der Waals surface area (Å²) in [4.78, 5) is 18.4. The summed E-state index contributed by atoms with van der Waals surface area (Å²) < 4.78 is 6.19. The van der Waals surface area contributed by atoms with Gasteiger partial charge in [-0.3, -0.25) is 4.98 Å². The number of benzene rings is 3. The van der Waals surface area contributed by atoms with Gasteiger partial charge in [-0.05, 0) is 84.4 Å². The van der Waals surface area contributed by atoms with E-state index in [4.69, 9.17) is 9.40 Å². The molecule has 5 heterocycles. The van der Waals surface area contributed by atoms with Gasteiger partial charge >= 0.3 is 0 Å². The van der Waals surface area contributed by atoms with Crippen LogP contribution in [0.1, 0.15) is 37.7 Å². The molecule has 0 aliphatic rings. The second-order valence-electron chi connectivity index (χ2n) is 12.7. The van der Waals surface area contributed by atoms with E-state index in [1.54, 1.807) is 6.20 Å². The van der Waals surface area contributed by atoms with E-state index in [2.05, 4.69) is 97.2 Å². The Morgan fingerprint density at radius 2 is 1.52 bits per heavy atom. The van der Waals surface area contributed by atoms with E-state index in [1.165, 1.54) is 11.1 Å². The number of rotatable bonds is 3. The molecule has 8 rings (SSSR count). The Balaban J connectivity index is 0.000000260. The molecule has 0 spiro atoms. The van der Waals surface area contributed by atoms with Crippen LogP contribution in [0, 0.1) is 26.0 Å². The quantitative estimate of drug-likeness (QED) is 0.167. The number of aromatic nitrogens is 4. The molecule has 0 unspecified atom stereocenters. The fraction of sp³-hybridized carbons (Fsp3) is 0.143. The second kappa shape index (κ2) is 13.6. The normalized spacial score (nSPS) is 11.3. The van der Waals surface area contributed by atoms with Gasteiger partial charge in [0.15, 0.2) is 0 Å². The summed E-state index contributed by atoms with van der Waals surface area (Å²) in [6.45, 7) is 10.7. The van der Waals surface area contributed by atoms with Crippen molar-refractivity contribution in [3.8, 4) is 33.6 Å². The second-order valence-corrected chi connectivity index (χ2v) is 12.7. The molecule has 5 aromatic heterocycles. The predicted octanol–water partition coefficient (Wildman–Crippen LogP) is 10.5. The third-order valence-electron chi connectivity index (χ3n) is 8.22. The summed E-state index contributed by atoms with van der Waals surface area (Å²) in [6.07, 6.45) is 3.64. The molecular formula is C42H34IrN4O-2. The molecule has 6 heteroatoms. The molecule has 8 aromatic rings. The van der Waals surface area contributed by atoms with Crippen LogP contribution in [0.5, 0.6) is 0 Å². The summed E-state index contributed by atoms with van der Waals surface area (Å²) in [5.74, 6) is 0. The number of hydrogen-bond acceptors (Lipinski definition) is 5. The van der Waals surface area contributed by atoms with E-state index >= 15 is 0 Å². The molecule has 0 bridgehead atoms. The van der Waals surface area contributed by atoms with Crippen molar-refractivity contribution in [2.24, 2.45) is 0 Å². The van der Waals surface area contributed by atoms with Gasteiger partial charge in [0.25, 0.3) is 0 Å². The van der Waals surface area contributed by atoms with E-state index in [-0.39, 0.29) is 25.5 Å². The zero-order chi connectivity index (χ0) is 32.5. The molecule has 5 nitrogen and oxygen atoms in total. The van der Waals surface area contributed by atoms with Gasteiger partial charge in [-0.2, -0.15) is 0 Å². The number of nitrogens with zero attached hydrogens (tertiary/aromatic N) is 4. The fourth-order valence-electron chi connectivity index (χ4n) is 5.72. The van der Waals surface area contributed by atoms with E-state index in [0.717, 1.165) is 66.7 Å². The first kappa shape index (κ1) is 32.9. The third kappa shape index (κ3) is 6.68. The zero-order valence-corrected chi connectivity index (χ0v) is 29.9. The van der Waals surface area contributed by atoms with Gasteiger partial charge in [0.2, 0.25) is 5.71 Å². The van der Waals surface area contributed by atoms with E-state index in [9.17, 15) is 0 Å². The number of fused-ring (bicyclic) bond motifs is 4. The van der Waals surface area contributed by atoms with Crippen molar-refractivity contribution in [2.45, 2.75) is 40.0 Å². The Kier molecular flexibility index (Phi) is 9.32. The molecule has 0 saturated carbocycles. The zero-order valence-electron chi connectivity index (χ0n) is 27.5. The van der Waals surface area contributed by atoms with Crippen molar-refractivity contribution in [3.63, 3.8) is 0 Å². The SMILES string of the molecule is Cc1ccc2c(n1)oc1c(-c3cc(-c4cc5ccc(C(C)(C)C)nc5cc4C)ccn3)[c-]ccc12.[Ir].[c-]1ccccc1-c1ccccn1. The number of pyridine rings is 4. The van der Waals surface area contributed by atoms with Gasteiger partial charge in [-0.15, -0.1) is 54.1 Å². The Morgan fingerprint density at radius 3 is 2.29 bits per heavy atom. The Morgan fingerprint density at radius 1 is 0.688 bits per heavy atom. The minimum absolute atomic E-state index is 0. The van der Waals surface area contributed by atoms with Crippen LogP contribution in [-0.2, 0) is 25.5 Å². The maximum absolute atomic E-state index is 6.19. The summed E-state index contributed by atoms with van der Waals surface area (Å²) in [7, 11) is 0. The maximum Gasteiger partial charge on any atom is 0.216 e. The van der Waals surface area contributed by atoms with Gasteiger partial charge in [0.1, 0.15) is 0 Å². The molecule has 0 atom stereocenters. The molecule has 0 aliphatic heterocycles. The number of aryl methyl sites for hydroxylation is 2. The number of hydrogen-bond donors (Lipinski definition) is 0. The van der Waals surface area contributed by atoms with E-state index < -0.39 is 0 Å². The largest absolute Gasteiger partial charge is 0.486 e. The first-order valence-electron chi connectivity index (χ1n) is 15.7. The molecule has 0 saturated heterocycles. The molecule has 48 heavy (non-hydrogen) atoms. The third-order valence-corrected chi connectivity index (χ3v) is 8.22. The van der Waals surface area contributed by atoms with Crippen molar-refractivity contribution >= 4 is 33.0 Å². The number of furan rings is 1. The van der Waals surface area contributed by atoms with Crippen LogP contribution in [0.3, 0.4) is 0 Å². The molecule has 3 aromatic carbocycles. The maximum atomic E-state index is 6.19. The summed E-state index contributed by atoms with van der Waals surface area (Å²) >= 11 is 0. The monoisotopic (exact) mass is 803 g/mol. The minimum atomic E-state index is 0. The Bertz CT molecular complexity index is 2320. The van der Waals surface area contributed by atoms with Crippen LogP contribution < -0.4 is 0 Å². The van der Waals surface area contributed by atoms with Crippen molar-refractivity contribution in [1.29, 1.82) is 0 Å². The van der Waals surface area contributed by atoms with Crippen molar-refractivity contribution in [3.05, 3.63) is 145 Å². The fourth-order valence-corrected chi connectivity index (χ4v) is 5.72. The first-order valence-corrected chi connectivity index (χ1v) is 15.7. The smallest absolute Gasteiger partial charge is 0.216 e. The van der Waals surface area contributed by atoms with Crippen LogP contribution in [0.25, 0.3) is 66.6 Å². The minimum Gasteiger partial charge on any atom is -0.486 e. The van der Waals surface area contributed by atoms with Gasteiger partial charge in [0, 0.05) is 60.1 Å². The molecule has 0 aliphatic carbocycles. The molecule has 0 N–H and O–H groups in total. The Hall–Kier alpha value is -5.03. The molecule has 239 valence electrons. The average molecular weight is 803 g/mol. The standard InChI is InChI=1S/C31H26N3O.C11H8N.Ir/c1-18-15-26-21(10-12-28(34-26)31(3,4)5)16-25(18)20-13-14-32-27(17-20)24-8-6-7-22-23-11-9-19(2)33-30(23)35-29(22)24;1-2-6-10(7-3-1)11-8-4-5-9-12-11;/h6-7,9-17H,1-5H3;1-6,8-9H;/q2*-1;. The van der Waals surface area contributed by atoms with Gasteiger partial charge in [-0.25, -0.2) is 4.98 Å². The van der Waals surface area contributed by atoms with Crippen LogP contribution >= 0.6 is 0 Å². The molecule has 0 amide bonds. The molecule has 1 radical (unpaired) electrons. The molecule has 0 fully saturated rings. The van der Waals surface area contributed by atoms with Crippen molar-refractivity contribution in [2.75, 3.05) is 0 Å². The van der Waals surface area contributed by atoms with Crippen LogP contribution in [-0.4, -0.2) is 19.9 Å². The van der Waals surface area contributed by atoms with Crippen LogP contribution in [0.15, 0.2) is 120 Å². The summed E-state index contributed by atoms with van der Waals surface area (Å²) in [6, 6.07) is 41.1. The van der Waals surface area contributed by atoms with Gasteiger partial charge in [-0.1, -0.05) is 56.0 Å². The summed E-state index contributed by atoms with van der Waals surface area (Å²) in [5, 5.41) is 3.16. The average Bonchev–Trinajstić information content (AvgIpc) is 3.46. The van der Waals surface area contributed by atoms with Gasteiger partial charge < -0.3 is 14.4 Å². The van der Waals surface area contributed by atoms with Crippen LogP contribution in [0.2, 0.25) is 0 Å². The summed E-state index contributed by atoms with van der Waals surface area (Å²) in [5.41, 5.74) is 11.6.